The number of aromatic nitrogens is 1. The lowest BCUT2D eigenvalue weighted by molar-refractivity contribution is 0.0696. The maximum absolute atomic E-state index is 12.2. The van der Waals surface area contributed by atoms with Crippen LogP contribution >= 0.6 is 0 Å². The fourth-order valence-corrected chi connectivity index (χ4v) is 1.71. The maximum Gasteiger partial charge on any atom is 0.337 e. The molecule has 1 amide bonds. The third kappa shape index (κ3) is 3.55. The average Bonchev–Trinajstić information content (AvgIpc) is 2.38. The van der Waals surface area contributed by atoms with E-state index in [1.54, 1.807) is 4.90 Å². The first-order valence-corrected chi connectivity index (χ1v) is 6.07. The van der Waals surface area contributed by atoms with E-state index < -0.39 is 5.97 Å². The molecule has 1 rings (SSSR count). The summed E-state index contributed by atoms with van der Waals surface area (Å²) in [5.74, 6) is -1.23. The van der Waals surface area contributed by atoms with Gasteiger partial charge in [0.2, 0.25) is 0 Å². The van der Waals surface area contributed by atoms with Gasteiger partial charge in [-0.25, -0.2) is 4.79 Å². The van der Waals surface area contributed by atoms with Crippen molar-refractivity contribution in [1.82, 2.24) is 9.88 Å². The molecule has 0 bridgehead atoms. The minimum absolute atomic E-state index is 0.0359. The Morgan fingerprint density at radius 3 is 2.22 bits per heavy atom. The first kappa shape index (κ1) is 14.2. The molecule has 5 nitrogen and oxygen atoms in total. The average molecular weight is 250 g/mol. The third-order valence-corrected chi connectivity index (χ3v) is 2.51. The molecular weight excluding hydrogens is 232 g/mol. The molecular formula is C13H18N2O3. The van der Waals surface area contributed by atoms with Crippen LogP contribution in [0.1, 0.15) is 47.4 Å². The van der Waals surface area contributed by atoms with E-state index in [-0.39, 0.29) is 11.5 Å². The van der Waals surface area contributed by atoms with E-state index in [0.717, 1.165) is 12.8 Å². The molecule has 0 aromatic carbocycles. The maximum atomic E-state index is 12.2. The lowest BCUT2D eigenvalue weighted by atomic mass is 10.2. The molecule has 98 valence electrons. The molecule has 1 N–H and O–H groups in total. The summed E-state index contributed by atoms with van der Waals surface area (Å²) in [7, 11) is 0. The summed E-state index contributed by atoms with van der Waals surface area (Å²) in [6, 6.07) is 1.37. The number of hydrogen-bond donors (Lipinski definition) is 1. The number of carboxylic acid groups (broad SMARTS) is 1. The van der Waals surface area contributed by atoms with Crippen molar-refractivity contribution in [2.24, 2.45) is 0 Å². The number of carbonyl (C=O) groups is 2. The molecule has 0 fully saturated rings. The standard InChI is InChI=1S/C13H18N2O3/c1-3-5-15(6-4-2)12(16)10-7-11(13(17)18)9-14-8-10/h7-9H,3-6H2,1-2H3,(H,17,18). The lowest BCUT2D eigenvalue weighted by Gasteiger charge is -2.21. The topological polar surface area (TPSA) is 70.5 Å². The fourth-order valence-electron chi connectivity index (χ4n) is 1.71. The van der Waals surface area contributed by atoms with Crippen molar-refractivity contribution in [3.05, 3.63) is 29.6 Å². The number of rotatable bonds is 6. The van der Waals surface area contributed by atoms with E-state index in [9.17, 15) is 9.59 Å². The summed E-state index contributed by atoms with van der Waals surface area (Å²) in [4.78, 5) is 28.6. The van der Waals surface area contributed by atoms with Gasteiger partial charge in [0.05, 0.1) is 11.1 Å². The molecule has 18 heavy (non-hydrogen) atoms. The Bertz CT molecular complexity index is 426. The summed E-state index contributed by atoms with van der Waals surface area (Å²) in [5.41, 5.74) is 0.366. The number of carboxylic acids is 1. The fraction of sp³-hybridized carbons (Fsp3) is 0.462. The Hall–Kier alpha value is -1.91. The highest BCUT2D eigenvalue weighted by atomic mass is 16.4. The van der Waals surface area contributed by atoms with Crippen LogP contribution in [-0.4, -0.2) is 40.0 Å². The summed E-state index contributed by atoms with van der Waals surface area (Å²) in [6.45, 7) is 5.34. The minimum atomic E-state index is -1.07. The zero-order valence-electron chi connectivity index (χ0n) is 10.7. The first-order chi connectivity index (χ1) is 8.60. The van der Waals surface area contributed by atoms with Crippen LogP contribution in [0.3, 0.4) is 0 Å². The van der Waals surface area contributed by atoms with Gasteiger partial charge in [0.1, 0.15) is 0 Å². The van der Waals surface area contributed by atoms with E-state index in [1.807, 2.05) is 13.8 Å². The van der Waals surface area contributed by atoms with Gasteiger partial charge in [0.25, 0.3) is 5.91 Å². The van der Waals surface area contributed by atoms with Crippen molar-refractivity contribution < 1.29 is 14.7 Å². The number of aromatic carboxylic acids is 1. The number of nitrogens with zero attached hydrogens (tertiary/aromatic N) is 2. The lowest BCUT2D eigenvalue weighted by Crippen LogP contribution is -2.32. The van der Waals surface area contributed by atoms with Gasteiger partial charge in [-0.3, -0.25) is 9.78 Å². The molecule has 0 radical (unpaired) electrons. The highest BCUT2D eigenvalue weighted by molar-refractivity contribution is 5.96. The summed E-state index contributed by atoms with van der Waals surface area (Å²) in [5, 5.41) is 8.87. The SMILES string of the molecule is CCCN(CCC)C(=O)c1cncc(C(=O)O)c1. The quantitative estimate of drug-likeness (QED) is 0.838. The molecule has 1 aromatic rings. The van der Waals surface area contributed by atoms with Crippen LogP contribution in [0.5, 0.6) is 0 Å². The van der Waals surface area contributed by atoms with Gasteiger partial charge in [-0.05, 0) is 18.9 Å². The Morgan fingerprint density at radius 2 is 1.72 bits per heavy atom. The van der Waals surface area contributed by atoms with Gasteiger partial charge in [-0.1, -0.05) is 13.8 Å². The molecule has 0 aliphatic rings. The van der Waals surface area contributed by atoms with E-state index in [2.05, 4.69) is 4.98 Å². The van der Waals surface area contributed by atoms with Gasteiger partial charge in [0, 0.05) is 25.5 Å². The summed E-state index contributed by atoms with van der Waals surface area (Å²) in [6.07, 6.45) is 4.39. The van der Waals surface area contributed by atoms with Crippen LogP contribution in [-0.2, 0) is 0 Å². The van der Waals surface area contributed by atoms with Gasteiger partial charge >= 0.3 is 5.97 Å². The van der Waals surface area contributed by atoms with Gasteiger partial charge in [-0.2, -0.15) is 0 Å². The van der Waals surface area contributed by atoms with Crippen molar-refractivity contribution in [3.63, 3.8) is 0 Å². The van der Waals surface area contributed by atoms with Crippen LogP contribution in [0.2, 0.25) is 0 Å². The zero-order valence-corrected chi connectivity index (χ0v) is 10.7. The number of amides is 1. The van der Waals surface area contributed by atoms with Gasteiger partial charge in [0.15, 0.2) is 0 Å². The molecule has 0 unspecified atom stereocenters. The van der Waals surface area contributed by atoms with Crippen molar-refractivity contribution in [3.8, 4) is 0 Å². The second-order valence-corrected chi connectivity index (χ2v) is 4.06. The minimum Gasteiger partial charge on any atom is -0.478 e. The first-order valence-electron chi connectivity index (χ1n) is 6.07. The Labute approximate surface area is 106 Å². The molecule has 0 aliphatic carbocycles. The Morgan fingerprint density at radius 1 is 1.17 bits per heavy atom. The van der Waals surface area contributed by atoms with Crippen molar-refractivity contribution in [2.75, 3.05) is 13.1 Å². The van der Waals surface area contributed by atoms with Crippen LogP contribution < -0.4 is 0 Å². The third-order valence-electron chi connectivity index (χ3n) is 2.51. The van der Waals surface area contributed by atoms with E-state index in [4.69, 9.17) is 5.11 Å². The molecule has 1 aromatic heterocycles. The van der Waals surface area contributed by atoms with Gasteiger partial charge in [-0.15, -0.1) is 0 Å². The largest absolute Gasteiger partial charge is 0.478 e. The van der Waals surface area contributed by atoms with Crippen LogP contribution in [0, 0.1) is 0 Å². The monoisotopic (exact) mass is 250 g/mol. The summed E-state index contributed by atoms with van der Waals surface area (Å²) < 4.78 is 0. The van der Waals surface area contributed by atoms with E-state index >= 15 is 0 Å². The van der Waals surface area contributed by atoms with E-state index in [0.29, 0.717) is 18.7 Å². The molecule has 0 aliphatic heterocycles. The van der Waals surface area contributed by atoms with Crippen molar-refractivity contribution in [2.45, 2.75) is 26.7 Å². The highest BCUT2D eigenvalue weighted by Crippen LogP contribution is 2.08. The molecule has 0 spiro atoms. The van der Waals surface area contributed by atoms with Crippen molar-refractivity contribution in [1.29, 1.82) is 0 Å². The Kier molecular flexibility index (Phi) is 5.30. The summed E-state index contributed by atoms with van der Waals surface area (Å²) >= 11 is 0. The normalized spacial score (nSPS) is 10.1. The number of carbonyl (C=O) groups excluding carboxylic acids is 1. The second kappa shape index (κ2) is 6.74. The van der Waals surface area contributed by atoms with Gasteiger partial charge < -0.3 is 10.0 Å². The highest BCUT2D eigenvalue weighted by Gasteiger charge is 2.16. The van der Waals surface area contributed by atoms with Crippen LogP contribution in [0.25, 0.3) is 0 Å². The predicted octanol–water partition coefficient (Wildman–Crippen LogP) is 2.04. The molecule has 1 heterocycles. The number of pyridine rings is 1. The number of hydrogen-bond acceptors (Lipinski definition) is 3. The van der Waals surface area contributed by atoms with Crippen LogP contribution in [0.15, 0.2) is 18.5 Å². The molecule has 0 atom stereocenters. The molecule has 0 saturated heterocycles. The smallest absolute Gasteiger partial charge is 0.337 e. The second-order valence-electron chi connectivity index (χ2n) is 4.06. The van der Waals surface area contributed by atoms with E-state index in [1.165, 1.54) is 18.5 Å². The molecule has 0 saturated carbocycles. The molecule has 5 heteroatoms. The zero-order chi connectivity index (χ0) is 13.5. The Balaban J connectivity index is 2.93. The van der Waals surface area contributed by atoms with Crippen molar-refractivity contribution >= 4 is 11.9 Å². The van der Waals surface area contributed by atoms with Crippen LogP contribution in [0.4, 0.5) is 0 Å². The predicted molar refractivity (Wildman–Crippen MR) is 67.7 cm³/mol.